The van der Waals surface area contributed by atoms with Crippen LogP contribution < -0.4 is 0 Å². The van der Waals surface area contributed by atoms with Crippen LogP contribution in [0.3, 0.4) is 0 Å². The van der Waals surface area contributed by atoms with E-state index in [1.165, 1.54) is 24.3 Å². The minimum Gasteiger partial charge on any atom is -0.392 e. The highest BCUT2D eigenvalue weighted by Gasteiger charge is 2.21. The van der Waals surface area contributed by atoms with Crippen LogP contribution in [0.2, 0.25) is 5.02 Å². The Bertz CT molecular complexity index is 726. The van der Waals surface area contributed by atoms with E-state index >= 15 is 0 Å². The average Bonchev–Trinajstić information content (AvgIpc) is 2.49. The van der Waals surface area contributed by atoms with Gasteiger partial charge in [0.05, 0.1) is 23.0 Å². The molecule has 0 bridgehead atoms. The van der Waals surface area contributed by atoms with E-state index in [0.717, 1.165) is 17.8 Å². The van der Waals surface area contributed by atoms with Gasteiger partial charge in [0.2, 0.25) is 0 Å². The summed E-state index contributed by atoms with van der Waals surface area (Å²) in [4.78, 5) is 11.3. The molecule has 0 heterocycles. The Morgan fingerprint density at radius 2 is 1.86 bits per heavy atom. The summed E-state index contributed by atoms with van der Waals surface area (Å²) < 4.78 is 13.2. The third-order valence-corrected chi connectivity index (χ3v) is 4.39. The molecule has 116 valence electrons. The molecule has 5 nitrogen and oxygen atoms in total. The van der Waals surface area contributed by atoms with Crippen LogP contribution in [-0.4, -0.2) is 15.1 Å². The fraction of sp³-hybridized carbons (Fsp3) is 0.143. The molecule has 0 saturated heterocycles. The number of nitrogens with zero attached hydrogens (tertiary/aromatic N) is 1. The van der Waals surface area contributed by atoms with E-state index in [4.69, 9.17) is 11.6 Å². The number of aliphatic hydroxyl groups is 2. The van der Waals surface area contributed by atoms with Crippen LogP contribution in [0.5, 0.6) is 0 Å². The molecule has 0 unspecified atom stereocenters. The van der Waals surface area contributed by atoms with Gasteiger partial charge < -0.3 is 10.2 Å². The Labute approximate surface area is 134 Å². The second-order valence-electron chi connectivity index (χ2n) is 4.34. The van der Waals surface area contributed by atoms with Gasteiger partial charge in [-0.15, -0.1) is 0 Å². The van der Waals surface area contributed by atoms with Crippen LogP contribution in [0.4, 0.5) is 10.1 Å². The molecule has 2 aromatic carbocycles. The molecule has 0 radical (unpaired) electrons. The van der Waals surface area contributed by atoms with Gasteiger partial charge in [-0.05, 0) is 35.4 Å². The average molecular weight is 344 g/mol. The van der Waals surface area contributed by atoms with Gasteiger partial charge in [-0.1, -0.05) is 23.4 Å². The molecule has 22 heavy (non-hydrogen) atoms. The summed E-state index contributed by atoms with van der Waals surface area (Å²) in [7, 11) is 0. The third-order valence-electron chi connectivity index (χ3n) is 2.88. The Hall–Kier alpha value is -1.67. The summed E-state index contributed by atoms with van der Waals surface area (Å²) in [6.07, 6.45) is 0. The summed E-state index contributed by atoms with van der Waals surface area (Å²) in [5, 5.41) is 30.0. The second kappa shape index (κ2) is 7.06. The number of aliphatic hydroxyl groups excluding tert-OH is 2. The molecule has 0 atom stereocenters. The van der Waals surface area contributed by atoms with Crippen molar-refractivity contribution in [3.63, 3.8) is 0 Å². The van der Waals surface area contributed by atoms with Gasteiger partial charge in [-0.25, -0.2) is 4.39 Å². The fourth-order valence-electron chi connectivity index (χ4n) is 1.89. The van der Waals surface area contributed by atoms with Crippen LogP contribution in [0.25, 0.3) is 0 Å². The lowest BCUT2D eigenvalue weighted by atomic mass is 10.2. The van der Waals surface area contributed by atoms with Gasteiger partial charge in [-0.3, -0.25) is 10.1 Å². The van der Waals surface area contributed by atoms with Crippen molar-refractivity contribution in [1.29, 1.82) is 0 Å². The van der Waals surface area contributed by atoms with Gasteiger partial charge in [0.1, 0.15) is 5.82 Å². The van der Waals surface area contributed by atoms with E-state index in [0.29, 0.717) is 10.5 Å². The van der Waals surface area contributed by atoms with Crippen molar-refractivity contribution >= 4 is 29.1 Å². The predicted molar refractivity (Wildman–Crippen MR) is 80.5 cm³/mol. The van der Waals surface area contributed by atoms with Crippen molar-refractivity contribution in [3.8, 4) is 0 Å². The second-order valence-corrected chi connectivity index (χ2v) is 5.83. The van der Waals surface area contributed by atoms with Crippen molar-refractivity contribution in [2.24, 2.45) is 0 Å². The minimum absolute atomic E-state index is 0.140. The SMILES string of the molecule is O=[N+]([O-])c1cc(Cl)cc(CO)c1Sc1ccc(F)cc1CO. The van der Waals surface area contributed by atoms with Crippen LogP contribution in [0, 0.1) is 15.9 Å². The molecule has 2 aromatic rings. The largest absolute Gasteiger partial charge is 0.392 e. The van der Waals surface area contributed by atoms with Gasteiger partial charge in [0.25, 0.3) is 5.69 Å². The number of hydrogen-bond acceptors (Lipinski definition) is 5. The summed E-state index contributed by atoms with van der Waals surface area (Å²) in [5.74, 6) is -0.513. The molecule has 0 aromatic heterocycles. The van der Waals surface area contributed by atoms with E-state index in [2.05, 4.69) is 0 Å². The highest BCUT2D eigenvalue weighted by molar-refractivity contribution is 7.99. The normalized spacial score (nSPS) is 10.7. The molecule has 0 aliphatic rings. The fourth-order valence-corrected chi connectivity index (χ4v) is 3.22. The minimum atomic E-state index is -0.602. The number of nitro benzene ring substituents is 1. The molecule has 0 spiro atoms. The summed E-state index contributed by atoms with van der Waals surface area (Å²) in [6.45, 7) is -0.838. The van der Waals surface area contributed by atoms with Gasteiger partial charge in [0.15, 0.2) is 0 Å². The van der Waals surface area contributed by atoms with Crippen molar-refractivity contribution < 1.29 is 19.5 Å². The number of hydrogen-bond donors (Lipinski definition) is 2. The number of nitro groups is 1. The number of halogens is 2. The maximum absolute atomic E-state index is 13.2. The van der Waals surface area contributed by atoms with Crippen LogP contribution in [0.1, 0.15) is 11.1 Å². The molecule has 0 aliphatic carbocycles. The lowest BCUT2D eigenvalue weighted by Crippen LogP contribution is -1.97. The molecule has 0 fully saturated rings. The van der Waals surface area contributed by atoms with Crippen molar-refractivity contribution in [2.45, 2.75) is 23.0 Å². The van der Waals surface area contributed by atoms with Crippen LogP contribution >= 0.6 is 23.4 Å². The zero-order valence-electron chi connectivity index (χ0n) is 11.1. The molecule has 2 N–H and O–H groups in total. The number of rotatable bonds is 5. The Morgan fingerprint density at radius 1 is 1.18 bits per heavy atom. The molecule has 0 saturated carbocycles. The Morgan fingerprint density at radius 3 is 2.45 bits per heavy atom. The first-order valence-electron chi connectivity index (χ1n) is 6.11. The van der Waals surface area contributed by atoms with E-state index in [-0.39, 0.29) is 21.2 Å². The maximum atomic E-state index is 13.2. The first kappa shape index (κ1) is 16.7. The molecule has 8 heteroatoms. The highest BCUT2D eigenvalue weighted by atomic mass is 35.5. The zero-order chi connectivity index (χ0) is 16.3. The van der Waals surface area contributed by atoms with Crippen molar-refractivity contribution in [2.75, 3.05) is 0 Å². The first-order valence-corrected chi connectivity index (χ1v) is 7.30. The van der Waals surface area contributed by atoms with Crippen molar-refractivity contribution in [3.05, 3.63) is 62.4 Å². The Balaban J connectivity index is 2.55. The summed E-state index contributed by atoms with van der Waals surface area (Å²) >= 11 is 6.79. The van der Waals surface area contributed by atoms with Gasteiger partial charge >= 0.3 is 0 Å². The van der Waals surface area contributed by atoms with Crippen molar-refractivity contribution in [1.82, 2.24) is 0 Å². The molecule has 2 rings (SSSR count). The lowest BCUT2D eigenvalue weighted by Gasteiger charge is -2.11. The molecular weight excluding hydrogens is 333 g/mol. The third kappa shape index (κ3) is 3.56. The smallest absolute Gasteiger partial charge is 0.285 e. The highest BCUT2D eigenvalue weighted by Crippen LogP contribution is 2.40. The van der Waals surface area contributed by atoms with Crippen LogP contribution in [0.15, 0.2) is 40.1 Å². The van der Waals surface area contributed by atoms with E-state index < -0.39 is 24.0 Å². The molecule has 0 aliphatic heterocycles. The monoisotopic (exact) mass is 343 g/mol. The van der Waals surface area contributed by atoms with Gasteiger partial charge in [0, 0.05) is 16.0 Å². The zero-order valence-corrected chi connectivity index (χ0v) is 12.7. The first-order chi connectivity index (χ1) is 10.5. The maximum Gasteiger partial charge on any atom is 0.285 e. The standard InChI is InChI=1S/C14H11ClFNO4S/c15-10-3-9(7-19)14(12(5-10)17(20)21)22-13-2-1-11(16)4-8(13)6-18/h1-5,18-19H,6-7H2. The topological polar surface area (TPSA) is 83.6 Å². The number of benzene rings is 2. The van der Waals surface area contributed by atoms with E-state index in [1.54, 1.807) is 0 Å². The molecule has 0 amide bonds. The van der Waals surface area contributed by atoms with Crippen LogP contribution in [-0.2, 0) is 13.2 Å². The quantitative estimate of drug-likeness (QED) is 0.641. The van der Waals surface area contributed by atoms with E-state index in [9.17, 15) is 24.7 Å². The van der Waals surface area contributed by atoms with Gasteiger partial charge in [-0.2, -0.15) is 0 Å². The Kier molecular flexibility index (Phi) is 5.36. The lowest BCUT2D eigenvalue weighted by molar-refractivity contribution is -0.387. The predicted octanol–water partition coefficient (Wildman–Crippen LogP) is 3.52. The van der Waals surface area contributed by atoms with E-state index in [1.807, 2.05) is 0 Å². The summed E-state index contributed by atoms with van der Waals surface area (Å²) in [6, 6.07) is 6.39. The summed E-state index contributed by atoms with van der Waals surface area (Å²) in [5.41, 5.74) is 0.338. The molecular formula is C14H11ClFNO4S.